The molecule has 5 nitrogen and oxygen atoms in total. The van der Waals surface area contributed by atoms with E-state index in [4.69, 9.17) is 15.6 Å². The fourth-order valence-electron chi connectivity index (χ4n) is 2.82. The highest BCUT2D eigenvalue weighted by atomic mass is 79.9. The first-order chi connectivity index (χ1) is 12.2. The number of nitrogens with two attached hydrogens (primary N) is 1. The van der Waals surface area contributed by atoms with Crippen LogP contribution in [0.5, 0.6) is 5.75 Å². The Balaban J connectivity index is 2.59. The number of carbonyl (C=O) groups is 1. The first-order valence-corrected chi connectivity index (χ1v) is 9.89. The quantitative estimate of drug-likeness (QED) is 0.554. The van der Waals surface area contributed by atoms with Gasteiger partial charge in [-0.3, -0.25) is 9.78 Å². The second kappa shape index (κ2) is 7.87. The van der Waals surface area contributed by atoms with Crippen LogP contribution in [0.2, 0.25) is 0 Å². The Morgan fingerprint density at radius 2 is 2.12 bits per heavy atom. The van der Waals surface area contributed by atoms with Gasteiger partial charge >= 0.3 is 0 Å². The zero-order valence-corrected chi connectivity index (χ0v) is 17.5. The normalized spacial score (nSPS) is 13.6. The van der Waals surface area contributed by atoms with Crippen LogP contribution in [0.4, 0.5) is 0 Å². The third-order valence-corrected chi connectivity index (χ3v) is 5.89. The number of rotatable bonds is 5. The predicted octanol–water partition coefficient (Wildman–Crippen LogP) is 3.25. The van der Waals surface area contributed by atoms with Gasteiger partial charge in [-0.25, -0.2) is 0 Å². The molecule has 1 amide bonds. The lowest BCUT2D eigenvalue weighted by atomic mass is 9.85. The van der Waals surface area contributed by atoms with Crippen molar-refractivity contribution in [2.24, 2.45) is 11.1 Å². The number of benzene rings is 1. The Bertz CT molecular complexity index is 905. The Labute approximate surface area is 165 Å². The van der Waals surface area contributed by atoms with E-state index in [1.807, 2.05) is 25.1 Å². The predicted molar refractivity (Wildman–Crippen MR) is 109 cm³/mol. The van der Waals surface area contributed by atoms with Crippen molar-refractivity contribution >= 4 is 44.5 Å². The minimum Gasteiger partial charge on any atom is -0.465 e. The molecule has 2 aromatic rings. The molecule has 3 N–H and O–H groups in total. The van der Waals surface area contributed by atoms with E-state index in [9.17, 15) is 4.79 Å². The highest BCUT2D eigenvalue weighted by Gasteiger charge is 2.52. The van der Waals surface area contributed by atoms with Crippen LogP contribution in [0.15, 0.2) is 28.9 Å². The first kappa shape index (κ1) is 20.6. The molecule has 7 heteroatoms. The molecule has 1 aromatic carbocycles. The number of aliphatic hydroxyl groups excluding tert-OH is 1. The van der Waals surface area contributed by atoms with E-state index in [1.165, 1.54) is 11.8 Å². The van der Waals surface area contributed by atoms with Gasteiger partial charge in [-0.2, -0.15) is 0 Å². The lowest BCUT2D eigenvalue weighted by molar-refractivity contribution is -0.131. The number of aryl methyl sites for hydroxylation is 1. The summed E-state index contributed by atoms with van der Waals surface area (Å²) >= 11 is 4.60. The molecule has 138 valence electrons. The van der Waals surface area contributed by atoms with E-state index in [0.717, 1.165) is 20.9 Å². The number of carbonyl (C=O) groups excluding carboxylic acids is 1. The SMILES string of the molecule is CSC(Oc1cc(C)c2ncc(Br)cc2c1)(C(N)=O)C(C)(C)C#CCO. The van der Waals surface area contributed by atoms with Crippen molar-refractivity contribution in [3.8, 4) is 17.6 Å². The molecule has 1 heterocycles. The molecule has 1 atom stereocenters. The van der Waals surface area contributed by atoms with Crippen LogP contribution in [0.1, 0.15) is 19.4 Å². The summed E-state index contributed by atoms with van der Waals surface area (Å²) < 4.78 is 7.01. The van der Waals surface area contributed by atoms with Crippen LogP contribution in [0.3, 0.4) is 0 Å². The number of hydrogen-bond acceptors (Lipinski definition) is 5. The average Bonchev–Trinajstić information content (AvgIpc) is 2.57. The molecule has 0 aliphatic carbocycles. The van der Waals surface area contributed by atoms with E-state index >= 15 is 0 Å². The number of amides is 1. The summed E-state index contributed by atoms with van der Waals surface area (Å²) in [6, 6.07) is 5.58. The third-order valence-electron chi connectivity index (χ3n) is 4.09. The minimum absolute atomic E-state index is 0.304. The lowest BCUT2D eigenvalue weighted by Gasteiger charge is -2.39. The van der Waals surface area contributed by atoms with Gasteiger partial charge in [0.2, 0.25) is 4.93 Å². The second-order valence-corrected chi connectivity index (χ2v) is 8.24. The Hall–Kier alpha value is -1.75. The maximum absolute atomic E-state index is 12.4. The number of halogens is 1. The molecule has 0 aliphatic rings. The molecule has 2 rings (SSSR count). The number of thioether (sulfide) groups is 1. The number of ether oxygens (including phenoxy) is 1. The summed E-state index contributed by atoms with van der Waals surface area (Å²) in [5, 5.41) is 9.91. The Kier molecular flexibility index (Phi) is 6.22. The molecule has 0 saturated carbocycles. The van der Waals surface area contributed by atoms with Gasteiger partial charge in [0, 0.05) is 16.1 Å². The molecule has 0 radical (unpaired) electrons. The van der Waals surface area contributed by atoms with Crippen molar-refractivity contribution in [2.75, 3.05) is 12.9 Å². The Morgan fingerprint density at radius 3 is 2.69 bits per heavy atom. The molecule has 0 fully saturated rings. The van der Waals surface area contributed by atoms with Crippen LogP contribution in [0, 0.1) is 24.2 Å². The topological polar surface area (TPSA) is 85.4 Å². The lowest BCUT2D eigenvalue weighted by Crippen LogP contribution is -2.56. The summed E-state index contributed by atoms with van der Waals surface area (Å²) in [5.41, 5.74) is 6.57. The van der Waals surface area contributed by atoms with Crippen molar-refractivity contribution < 1.29 is 14.6 Å². The molecule has 0 bridgehead atoms. The van der Waals surface area contributed by atoms with Crippen LogP contribution < -0.4 is 10.5 Å². The molecule has 0 spiro atoms. The number of hydrogen-bond donors (Lipinski definition) is 2. The molecule has 26 heavy (non-hydrogen) atoms. The maximum Gasteiger partial charge on any atom is 0.274 e. The average molecular weight is 437 g/mol. The fraction of sp³-hybridized carbons (Fsp3) is 0.368. The van der Waals surface area contributed by atoms with Gasteiger partial charge in [0.05, 0.1) is 10.9 Å². The number of nitrogens with zero attached hydrogens (tertiary/aromatic N) is 1. The molecule has 1 aromatic heterocycles. The number of primary amides is 1. The standard InChI is InChI=1S/C19H21BrN2O3S/c1-12-8-15(10-13-9-14(20)11-22-16(12)13)25-19(26-4,17(21)24)18(2,3)6-5-7-23/h8-11,23H,7H2,1-4H3,(H2,21,24). The number of pyridine rings is 1. The van der Waals surface area contributed by atoms with Gasteiger partial charge in [0.25, 0.3) is 5.91 Å². The summed E-state index contributed by atoms with van der Waals surface area (Å²) in [5.74, 6) is 5.37. The van der Waals surface area contributed by atoms with Gasteiger partial charge < -0.3 is 15.6 Å². The molecule has 0 aliphatic heterocycles. The van der Waals surface area contributed by atoms with E-state index in [-0.39, 0.29) is 6.61 Å². The van der Waals surface area contributed by atoms with E-state index in [2.05, 4.69) is 32.8 Å². The van der Waals surface area contributed by atoms with E-state index in [1.54, 1.807) is 26.3 Å². The third kappa shape index (κ3) is 3.83. The van der Waals surface area contributed by atoms with Gasteiger partial charge in [-0.15, -0.1) is 11.8 Å². The second-order valence-electron chi connectivity index (χ2n) is 6.34. The van der Waals surface area contributed by atoms with Crippen LogP contribution >= 0.6 is 27.7 Å². The highest BCUT2D eigenvalue weighted by molar-refractivity contribution is 9.10. The minimum atomic E-state index is -1.42. The zero-order chi connectivity index (χ0) is 19.5. The fourth-order valence-corrected chi connectivity index (χ4v) is 4.11. The summed E-state index contributed by atoms with van der Waals surface area (Å²) in [4.78, 5) is 15.4. The van der Waals surface area contributed by atoms with Crippen LogP contribution in [0.25, 0.3) is 10.9 Å². The maximum atomic E-state index is 12.4. The van der Waals surface area contributed by atoms with Crippen molar-refractivity contribution in [1.82, 2.24) is 4.98 Å². The van der Waals surface area contributed by atoms with Crippen LogP contribution in [-0.2, 0) is 4.79 Å². The monoisotopic (exact) mass is 436 g/mol. The largest absolute Gasteiger partial charge is 0.465 e. The molecule has 1 unspecified atom stereocenters. The summed E-state index contributed by atoms with van der Waals surface area (Å²) in [7, 11) is 0. The van der Waals surface area contributed by atoms with E-state index < -0.39 is 16.3 Å². The van der Waals surface area contributed by atoms with Gasteiger partial charge in [-0.05, 0) is 66.7 Å². The van der Waals surface area contributed by atoms with E-state index in [0.29, 0.717) is 5.75 Å². The Morgan fingerprint density at radius 1 is 1.42 bits per heavy atom. The van der Waals surface area contributed by atoms with Crippen molar-refractivity contribution in [3.05, 3.63) is 34.4 Å². The number of fused-ring (bicyclic) bond motifs is 1. The smallest absolute Gasteiger partial charge is 0.274 e. The van der Waals surface area contributed by atoms with Crippen molar-refractivity contribution in [1.29, 1.82) is 0 Å². The van der Waals surface area contributed by atoms with Gasteiger partial charge in [0.15, 0.2) is 0 Å². The highest BCUT2D eigenvalue weighted by Crippen LogP contribution is 2.43. The van der Waals surface area contributed by atoms with Gasteiger partial charge in [0.1, 0.15) is 12.4 Å². The first-order valence-electron chi connectivity index (χ1n) is 7.87. The summed E-state index contributed by atoms with van der Waals surface area (Å²) in [6.07, 6.45) is 3.48. The van der Waals surface area contributed by atoms with Gasteiger partial charge in [-0.1, -0.05) is 11.8 Å². The number of aromatic nitrogens is 1. The summed E-state index contributed by atoms with van der Waals surface area (Å²) in [6.45, 7) is 5.16. The number of aliphatic hydroxyl groups is 1. The molecular formula is C19H21BrN2O3S. The molecule has 0 saturated heterocycles. The zero-order valence-electron chi connectivity index (χ0n) is 15.1. The van der Waals surface area contributed by atoms with Crippen molar-refractivity contribution in [2.45, 2.75) is 25.7 Å². The van der Waals surface area contributed by atoms with Crippen molar-refractivity contribution in [3.63, 3.8) is 0 Å². The van der Waals surface area contributed by atoms with Crippen LogP contribution in [-0.4, -0.2) is 33.8 Å². The molecular weight excluding hydrogens is 416 g/mol.